The molecule has 1 fully saturated rings. The Bertz CT molecular complexity index is 956. The lowest BCUT2D eigenvalue weighted by Gasteiger charge is -2.32. The number of hydrogen-bond donors (Lipinski definition) is 0. The predicted molar refractivity (Wildman–Crippen MR) is 99.6 cm³/mol. The van der Waals surface area contributed by atoms with E-state index in [1.807, 2.05) is 43.2 Å². The van der Waals surface area contributed by atoms with Crippen molar-refractivity contribution in [1.29, 1.82) is 0 Å². The number of fused-ring (bicyclic) bond motifs is 1. The average molecular weight is 336 g/mol. The molecule has 1 unspecified atom stereocenters. The highest BCUT2D eigenvalue weighted by Crippen LogP contribution is 2.27. The predicted octanol–water partition coefficient (Wildman–Crippen LogP) is 2.65. The van der Waals surface area contributed by atoms with Crippen LogP contribution in [0.1, 0.15) is 30.0 Å². The fourth-order valence-electron chi connectivity index (χ4n) is 4.07. The van der Waals surface area contributed by atoms with Gasteiger partial charge in [-0.25, -0.2) is 0 Å². The number of rotatable bonds is 3. The van der Waals surface area contributed by atoms with Crippen molar-refractivity contribution in [2.75, 3.05) is 13.1 Å². The molecule has 1 atom stereocenters. The van der Waals surface area contributed by atoms with Gasteiger partial charge >= 0.3 is 0 Å². The van der Waals surface area contributed by atoms with E-state index in [9.17, 15) is 4.79 Å². The molecule has 0 bridgehead atoms. The summed E-state index contributed by atoms with van der Waals surface area (Å²) in [7, 11) is 3.87. The number of aromatic nitrogens is 3. The molecule has 4 rings (SSSR count). The van der Waals surface area contributed by atoms with E-state index in [1.54, 1.807) is 4.57 Å². The van der Waals surface area contributed by atoms with Crippen LogP contribution < -0.4 is 5.56 Å². The van der Waals surface area contributed by atoms with Gasteiger partial charge in [0, 0.05) is 50.6 Å². The first-order valence-electron chi connectivity index (χ1n) is 8.91. The molecular weight excluding hydrogens is 312 g/mol. The third-order valence-corrected chi connectivity index (χ3v) is 5.38. The zero-order valence-electron chi connectivity index (χ0n) is 14.9. The second-order valence-corrected chi connectivity index (χ2v) is 7.05. The largest absolute Gasteiger partial charge is 0.311 e. The van der Waals surface area contributed by atoms with E-state index in [4.69, 9.17) is 0 Å². The fraction of sp³-hybridized carbons (Fsp3) is 0.400. The minimum Gasteiger partial charge on any atom is -0.311 e. The maximum atomic E-state index is 12.7. The molecule has 1 aliphatic rings. The Kier molecular flexibility index (Phi) is 4.17. The van der Waals surface area contributed by atoms with Crippen LogP contribution in [0.3, 0.4) is 0 Å². The van der Waals surface area contributed by atoms with E-state index in [0.29, 0.717) is 12.5 Å². The number of pyridine rings is 1. The van der Waals surface area contributed by atoms with E-state index in [1.165, 1.54) is 12.1 Å². The summed E-state index contributed by atoms with van der Waals surface area (Å²) in [6.07, 6.45) is 4.21. The molecule has 0 aliphatic carbocycles. The van der Waals surface area contributed by atoms with Gasteiger partial charge in [0.15, 0.2) is 0 Å². The van der Waals surface area contributed by atoms with Crippen LogP contribution in [0, 0.1) is 0 Å². The van der Waals surface area contributed by atoms with Crippen molar-refractivity contribution < 1.29 is 0 Å². The molecule has 0 radical (unpaired) electrons. The monoisotopic (exact) mass is 336 g/mol. The third-order valence-electron chi connectivity index (χ3n) is 5.38. The van der Waals surface area contributed by atoms with Crippen molar-refractivity contribution in [3.05, 3.63) is 64.2 Å². The zero-order valence-corrected chi connectivity index (χ0v) is 14.9. The van der Waals surface area contributed by atoms with Gasteiger partial charge < -0.3 is 4.57 Å². The molecule has 5 heteroatoms. The van der Waals surface area contributed by atoms with Crippen LogP contribution in [0.2, 0.25) is 0 Å². The Hall–Kier alpha value is -2.40. The van der Waals surface area contributed by atoms with E-state index >= 15 is 0 Å². The first kappa shape index (κ1) is 16.1. The second kappa shape index (κ2) is 6.48. The second-order valence-electron chi connectivity index (χ2n) is 7.05. The van der Waals surface area contributed by atoms with Crippen molar-refractivity contribution >= 4 is 10.9 Å². The van der Waals surface area contributed by atoms with Crippen molar-refractivity contribution in [3.8, 4) is 0 Å². The molecular formula is C20H24N4O. The van der Waals surface area contributed by atoms with Crippen LogP contribution in [0.4, 0.5) is 0 Å². The van der Waals surface area contributed by atoms with Crippen LogP contribution in [-0.2, 0) is 20.6 Å². The number of nitrogens with zero attached hydrogens (tertiary/aromatic N) is 4. The van der Waals surface area contributed by atoms with Gasteiger partial charge in [-0.05, 0) is 43.0 Å². The smallest absolute Gasteiger partial charge is 0.255 e. The fourth-order valence-corrected chi connectivity index (χ4v) is 4.07. The highest BCUT2D eigenvalue weighted by atomic mass is 16.1. The van der Waals surface area contributed by atoms with E-state index in [-0.39, 0.29) is 5.56 Å². The minimum absolute atomic E-state index is 0.112. The summed E-state index contributed by atoms with van der Waals surface area (Å²) in [6.45, 7) is 2.74. The Morgan fingerprint density at radius 3 is 2.84 bits per heavy atom. The summed E-state index contributed by atoms with van der Waals surface area (Å²) in [5.41, 5.74) is 3.27. The lowest BCUT2D eigenvalue weighted by molar-refractivity contribution is 0.196. The molecule has 3 heterocycles. The summed E-state index contributed by atoms with van der Waals surface area (Å²) in [4.78, 5) is 15.2. The molecule has 0 saturated carbocycles. The van der Waals surface area contributed by atoms with Gasteiger partial charge in [0.05, 0.1) is 5.52 Å². The number of benzene rings is 1. The van der Waals surface area contributed by atoms with Crippen LogP contribution >= 0.6 is 0 Å². The zero-order chi connectivity index (χ0) is 17.4. The molecule has 1 aromatic carbocycles. The average Bonchev–Trinajstić information content (AvgIpc) is 3.06. The molecule has 5 nitrogen and oxygen atoms in total. The summed E-state index contributed by atoms with van der Waals surface area (Å²) in [6, 6.07) is 12.3. The van der Waals surface area contributed by atoms with Crippen LogP contribution in [-0.4, -0.2) is 32.3 Å². The maximum absolute atomic E-state index is 12.7. The summed E-state index contributed by atoms with van der Waals surface area (Å²) >= 11 is 0. The number of likely N-dealkylation sites (tertiary alicyclic amines) is 1. The molecule has 0 amide bonds. The van der Waals surface area contributed by atoms with Crippen LogP contribution in [0.25, 0.3) is 10.9 Å². The number of piperidine rings is 1. The van der Waals surface area contributed by atoms with Gasteiger partial charge in [0.1, 0.15) is 0 Å². The Labute approximate surface area is 147 Å². The molecule has 1 saturated heterocycles. The molecule has 3 aromatic rings. The molecule has 0 N–H and O–H groups in total. The Morgan fingerprint density at radius 2 is 2.04 bits per heavy atom. The van der Waals surface area contributed by atoms with Gasteiger partial charge in [0.25, 0.3) is 5.56 Å². The third kappa shape index (κ3) is 3.00. The molecule has 0 spiro atoms. The van der Waals surface area contributed by atoms with Crippen molar-refractivity contribution in [2.45, 2.75) is 25.3 Å². The van der Waals surface area contributed by atoms with Gasteiger partial charge in [-0.15, -0.1) is 0 Å². The summed E-state index contributed by atoms with van der Waals surface area (Å²) < 4.78 is 3.75. The normalized spacial score (nSPS) is 18.7. The summed E-state index contributed by atoms with van der Waals surface area (Å²) in [5.74, 6) is 0.491. The Balaban J connectivity index is 1.60. The quantitative estimate of drug-likeness (QED) is 0.738. The number of para-hydroxylation sites is 1. The van der Waals surface area contributed by atoms with Crippen LogP contribution in [0.15, 0.2) is 47.4 Å². The van der Waals surface area contributed by atoms with Gasteiger partial charge in [-0.2, -0.15) is 5.10 Å². The van der Waals surface area contributed by atoms with Crippen LogP contribution in [0.5, 0.6) is 0 Å². The van der Waals surface area contributed by atoms with Gasteiger partial charge in [-0.3, -0.25) is 14.4 Å². The SMILES string of the molecule is Cn1nccc1C1CCCN(Cc2cc3ccccc3n(C)c2=O)C1. The highest BCUT2D eigenvalue weighted by molar-refractivity contribution is 5.79. The van der Waals surface area contributed by atoms with Gasteiger partial charge in [0.2, 0.25) is 0 Å². The van der Waals surface area contributed by atoms with E-state index in [2.05, 4.69) is 28.2 Å². The highest BCUT2D eigenvalue weighted by Gasteiger charge is 2.24. The van der Waals surface area contributed by atoms with E-state index in [0.717, 1.165) is 36.0 Å². The van der Waals surface area contributed by atoms with Gasteiger partial charge in [-0.1, -0.05) is 18.2 Å². The maximum Gasteiger partial charge on any atom is 0.255 e. The topological polar surface area (TPSA) is 43.1 Å². The Morgan fingerprint density at radius 1 is 1.20 bits per heavy atom. The lowest BCUT2D eigenvalue weighted by atomic mass is 9.94. The molecule has 1 aliphatic heterocycles. The number of hydrogen-bond acceptors (Lipinski definition) is 3. The first-order chi connectivity index (χ1) is 12.1. The van der Waals surface area contributed by atoms with Crippen molar-refractivity contribution in [1.82, 2.24) is 19.2 Å². The van der Waals surface area contributed by atoms with Crippen molar-refractivity contribution in [2.24, 2.45) is 14.1 Å². The molecule has 130 valence electrons. The number of aryl methyl sites for hydroxylation is 2. The van der Waals surface area contributed by atoms with Crippen molar-refractivity contribution in [3.63, 3.8) is 0 Å². The first-order valence-corrected chi connectivity index (χ1v) is 8.91. The molecule has 25 heavy (non-hydrogen) atoms. The van der Waals surface area contributed by atoms with E-state index < -0.39 is 0 Å². The lowest BCUT2D eigenvalue weighted by Crippen LogP contribution is -2.36. The molecule has 2 aromatic heterocycles. The minimum atomic E-state index is 0.112. The summed E-state index contributed by atoms with van der Waals surface area (Å²) in [5, 5.41) is 5.43. The standard InChI is InChI=1S/C20H24N4O/c1-22-18-8-4-3-6-15(18)12-17(20(22)25)14-24-11-5-7-16(13-24)19-9-10-21-23(19)2/h3-4,6,8-10,12,16H,5,7,11,13-14H2,1-2H3.